The van der Waals surface area contributed by atoms with Crippen molar-refractivity contribution >= 4 is 5.97 Å². The standard InChI is InChI=1S/C27H37NO10/c1-4-14-17(10-18-16-11-21(35-2)19(30)9-13(16)7-8-28-18)15(26(34)36-3)5-6-20(14)37-27-25(33)24(32)23(31)22(12-29)38-27/h4-5,9,11,14,17-18,20,22-25,27-33H,1,6-8,10,12H2,2-3H3/t14-,17+,18-,20-,22-,23-,24+,25-,27-/m1/s1. The van der Waals surface area contributed by atoms with Crippen LogP contribution in [0.25, 0.3) is 0 Å². The monoisotopic (exact) mass is 535 g/mol. The molecule has 11 nitrogen and oxygen atoms in total. The van der Waals surface area contributed by atoms with E-state index in [1.807, 2.05) is 0 Å². The number of carbonyl (C=O) groups excluding carboxylic acids is 1. The molecule has 2 aliphatic heterocycles. The van der Waals surface area contributed by atoms with Gasteiger partial charge in [-0.15, -0.1) is 6.58 Å². The van der Waals surface area contributed by atoms with Crippen LogP contribution >= 0.6 is 0 Å². The van der Waals surface area contributed by atoms with Crippen LogP contribution in [-0.4, -0.2) is 95.7 Å². The van der Waals surface area contributed by atoms with Gasteiger partial charge in [0, 0.05) is 23.5 Å². The predicted molar refractivity (Wildman–Crippen MR) is 134 cm³/mol. The van der Waals surface area contributed by atoms with E-state index in [-0.39, 0.29) is 18.2 Å². The molecule has 2 heterocycles. The van der Waals surface area contributed by atoms with E-state index < -0.39 is 61.2 Å². The molecular formula is C27H37NO10. The lowest BCUT2D eigenvalue weighted by Crippen LogP contribution is -2.60. The van der Waals surface area contributed by atoms with Gasteiger partial charge in [0.1, 0.15) is 24.4 Å². The van der Waals surface area contributed by atoms with Crippen molar-refractivity contribution in [2.45, 2.75) is 62.1 Å². The lowest BCUT2D eigenvalue weighted by atomic mass is 9.72. The largest absolute Gasteiger partial charge is 0.504 e. The Labute approximate surface area is 221 Å². The number of fused-ring (bicyclic) bond motifs is 1. The SMILES string of the molecule is C=C[C@@H]1[C@H](C[C@H]2NCCc3cc(O)c(OC)cc32)C(C(=O)OC)=CC[C@H]1O[C@@H]1O[C@H](CO)[C@@H](O)[C@H](O)[C@H]1O. The van der Waals surface area contributed by atoms with Crippen LogP contribution in [-0.2, 0) is 25.4 Å². The summed E-state index contributed by atoms with van der Waals surface area (Å²) in [6.07, 6.45) is -2.71. The van der Waals surface area contributed by atoms with Gasteiger partial charge in [-0.2, -0.15) is 0 Å². The summed E-state index contributed by atoms with van der Waals surface area (Å²) in [6.45, 7) is 4.09. The zero-order chi connectivity index (χ0) is 27.6. The number of phenolic OH excluding ortho intramolecular Hbond substituents is 1. The summed E-state index contributed by atoms with van der Waals surface area (Å²) in [6, 6.07) is 3.33. The molecule has 210 valence electrons. The molecule has 0 saturated carbocycles. The Morgan fingerprint density at radius 2 is 1.97 bits per heavy atom. The highest BCUT2D eigenvalue weighted by atomic mass is 16.7. The Morgan fingerprint density at radius 1 is 1.21 bits per heavy atom. The highest BCUT2D eigenvalue weighted by Crippen LogP contribution is 2.43. The second-order valence-electron chi connectivity index (χ2n) is 9.89. The third-order valence-electron chi connectivity index (χ3n) is 7.80. The van der Waals surface area contributed by atoms with Crippen molar-refractivity contribution < 1.29 is 49.3 Å². The zero-order valence-electron chi connectivity index (χ0n) is 21.5. The van der Waals surface area contributed by atoms with Gasteiger partial charge in [0.05, 0.1) is 26.9 Å². The molecule has 11 heteroatoms. The van der Waals surface area contributed by atoms with Crippen molar-refractivity contribution in [2.75, 3.05) is 27.4 Å². The number of methoxy groups -OCH3 is 2. The summed E-state index contributed by atoms with van der Waals surface area (Å²) in [5, 5.41) is 54.1. The summed E-state index contributed by atoms with van der Waals surface area (Å²) < 4.78 is 22.1. The molecule has 9 atom stereocenters. The van der Waals surface area contributed by atoms with Gasteiger partial charge in [-0.3, -0.25) is 0 Å². The molecule has 3 aliphatic rings. The summed E-state index contributed by atoms with van der Waals surface area (Å²) in [7, 11) is 2.81. The first-order valence-corrected chi connectivity index (χ1v) is 12.7. The third kappa shape index (κ3) is 5.46. The van der Waals surface area contributed by atoms with E-state index in [1.165, 1.54) is 14.2 Å². The number of phenols is 1. The number of aliphatic hydroxyl groups is 4. The minimum Gasteiger partial charge on any atom is -0.504 e. The highest BCUT2D eigenvalue weighted by Gasteiger charge is 2.47. The molecule has 1 aromatic rings. The Balaban J connectivity index is 1.62. The van der Waals surface area contributed by atoms with Gasteiger partial charge in [-0.05, 0) is 49.1 Å². The van der Waals surface area contributed by atoms with Gasteiger partial charge < -0.3 is 49.8 Å². The molecule has 0 spiro atoms. The molecule has 38 heavy (non-hydrogen) atoms. The van der Waals surface area contributed by atoms with E-state index in [0.29, 0.717) is 24.3 Å². The number of esters is 1. The molecule has 1 aliphatic carbocycles. The average Bonchev–Trinajstić information content (AvgIpc) is 2.92. The van der Waals surface area contributed by atoms with Crippen LogP contribution in [0.15, 0.2) is 36.4 Å². The first-order chi connectivity index (χ1) is 18.2. The third-order valence-corrected chi connectivity index (χ3v) is 7.80. The maximum absolute atomic E-state index is 12.8. The summed E-state index contributed by atoms with van der Waals surface area (Å²) in [5.74, 6) is -0.849. The lowest BCUT2D eigenvalue weighted by Gasteiger charge is -2.44. The molecule has 0 bridgehead atoms. The fraction of sp³-hybridized carbons (Fsp3) is 0.593. The molecule has 0 radical (unpaired) electrons. The van der Waals surface area contributed by atoms with Gasteiger partial charge in [-0.25, -0.2) is 4.79 Å². The van der Waals surface area contributed by atoms with E-state index in [9.17, 15) is 30.3 Å². The molecule has 6 N–H and O–H groups in total. The van der Waals surface area contributed by atoms with Crippen LogP contribution in [0, 0.1) is 11.8 Å². The molecule has 1 fully saturated rings. The van der Waals surface area contributed by atoms with Gasteiger partial charge >= 0.3 is 5.97 Å². The predicted octanol–water partition coefficient (Wildman–Crippen LogP) is 0.0843. The van der Waals surface area contributed by atoms with E-state index in [1.54, 1.807) is 24.3 Å². The minimum atomic E-state index is -1.57. The summed E-state index contributed by atoms with van der Waals surface area (Å²) in [5.41, 5.74) is 2.41. The molecule has 1 aromatic carbocycles. The minimum absolute atomic E-state index is 0.0664. The second kappa shape index (κ2) is 12.1. The summed E-state index contributed by atoms with van der Waals surface area (Å²) >= 11 is 0. The summed E-state index contributed by atoms with van der Waals surface area (Å²) in [4.78, 5) is 12.8. The Kier molecular flexibility index (Phi) is 9.09. The molecule has 4 rings (SSSR count). The van der Waals surface area contributed by atoms with E-state index in [2.05, 4.69) is 11.9 Å². The molecule has 1 saturated heterocycles. The lowest BCUT2D eigenvalue weighted by molar-refractivity contribution is -0.314. The second-order valence-corrected chi connectivity index (χ2v) is 9.89. The van der Waals surface area contributed by atoms with E-state index in [4.69, 9.17) is 18.9 Å². The normalized spacial score (nSPS) is 35.1. The van der Waals surface area contributed by atoms with Crippen molar-refractivity contribution in [3.05, 3.63) is 47.6 Å². The van der Waals surface area contributed by atoms with Gasteiger partial charge in [0.15, 0.2) is 17.8 Å². The quantitative estimate of drug-likeness (QED) is 0.197. The van der Waals surface area contributed by atoms with E-state index in [0.717, 1.165) is 17.5 Å². The highest BCUT2D eigenvalue weighted by molar-refractivity contribution is 5.89. The fourth-order valence-electron chi connectivity index (χ4n) is 5.76. The Hall–Kier alpha value is -2.51. The molecule has 0 unspecified atom stereocenters. The Bertz CT molecular complexity index is 1040. The first kappa shape index (κ1) is 28.5. The number of ether oxygens (including phenoxy) is 4. The molecular weight excluding hydrogens is 498 g/mol. The fourth-order valence-corrected chi connectivity index (χ4v) is 5.76. The smallest absolute Gasteiger partial charge is 0.333 e. The number of nitrogens with one attached hydrogen (secondary N) is 1. The van der Waals surface area contributed by atoms with Crippen molar-refractivity contribution in [1.82, 2.24) is 5.32 Å². The van der Waals surface area contributed by atoms with Crippen LogP contribution in [0.5, 0.6) is 11.5 Å². The van der Waals surface area contributed by atoms with Crippen LogP contribution in [0.4, 0.5) is 0 Å². The maximum atomic E-state index is 12.8. The van der Waals surface area contributed by atoms with Crippen molar-refractivity contribution in [3.8, 4) is 11.5 Å². The Morgan fingerprint density at radius 3 is 2.63 bits per heavy atom. The van der Waals surface area contributed by atoms with Crippen LogP contribution in [0.2, 0.25) is 0 Å². The number of benzene rings is 1. The van der Waals surface area contributed by atoms with Crippen LogP contribution in [0.1, 0.15) is 30.0 Å². The number of rotatable bonds is 8. The average molecular weight is 536 g/mol. The maximum Gasteiger partial charge on any atom is 0.333 e. The number of aliphatic hydroxyl groups excluding tert-OH is 4. The first-order valence-electron chi connectivity index (χ1n) is 12.7. The van der Waals surface area contributed by atoms with Gasteiger partial charge in [0.25, 0.3) is 0 Å². The number of hydrogen-bond acceptors (Lipinski definition) is 11. The van der Waals surface area contributed by atoms with E-state index >= 15 is 0 Å². The van der Waals surface area contributed by atoms with Crippen molar-refractivity contribution in [3.63, 3.8) is 0 Å². The topological polar surface area (TPSA) is 167 Å². The number of aromatic hydroxyl groups is 1. The van der Waals surface area contributed by atoms with Crippen LogP contribution < -0.4 is 10.1 Å². The molecule has 0 amide bonds. The molecule has 0 aromatic heterocycles. The number of hydrogen-bond donors (Lipinski definition) is 6. The van der Waals surface area contributed by atoms with Gasteiger partial charge in [0.2, 0.25) is 0 Å². The van der Waals surface area contributed by atoms with Gasteiger partial charge in [-0.1, -0.05) is 12.2 Å². The van der Waals surface area contributed by atoms with Crippen LogP contribution in [0.3, 0.4) is 0 Å². The zero-order valence-corrected chi connectivity index (χ0v) is 21.5. The van der Waals surface area contributed by atoms with Crippen molar-refractivity contribution in [1.29, 1.82) is 0 Å². The number of carbonyl (C=O) groups is 1. The van der Waals surface area contributed by atoms with Crippen molar-refractivity contribution in [2.24, 2.45) is 11.8 Å².